The van der Waals surface area contributed by atoms with Crippen molar-refractivity contribution in [1.29, 1.82) is 0 Å². The first-order valence-electron chi connectivity index (χ1n) is 6.10. The van der Waals surface area contributed by atoms with Crippen LogP contribution in [0.3, 0.4) is 0 Å². The summed E-state index contributed by atoms with van der Waals surface area (Å²) in [5, 5.41) is 3.09. The third-order valence-corrected chi connectivity index (χ3v) is 2.37. The van der Waals surface area contributed by atoms with Crippen molar-refractivity contribution >= 4 is 11.6 Å². The molecule has 0 saturated heterocycles. The maximum atomic E-state index is 5.44. The molecule has 4 N–H and O–H groups in total. The highest BCUT2D eigenvalue weighted by molar-refractivity contribution is 5.93. The van der Waals surface area contributed by atoms with Crippen molar-refractivity contribution in [2.24, 2.45) is 16.8 Å². The van der Waals surface area contributed by atoms with E-state index in [0.717, 1.165) is 5.69 Å². The normalized spacial score (nSPS) is 11.4. The third kappa shape index (κ3) is 5.05. The summed E-state index contributed by atoms with van der Waals surface area (Å²) in [5.74, 6) is 7.80. The molecular formula is C13H22N4O2. The summed E-state index contributed by atoms with van der Waals surface area (Å²) in [5.41, 5.74) is 3.33. The topological polar surface area (TPSA) is 80.9 Å². The SMILES string of the molecule is COc1cc(NC(=NCC(C)C)NN)cc(OC)c1. The van der Waals surface area contributed by atoms with Crippen LogP contribution < -0.4 is 26.1 Å². The monoisotopic (exact) mass is 266 g/mol. The van der Waals surface area contributed by atoms with Crippen LogP contribution in [0.25, 0.3) is 0 Å². The van der Waals surface area contributed by atoms with Crippen molar-refractivity contribution < 1.29 is 9.47 Å². The van der Waals surface area contributed by atoms with E-state index in [1.165, 1.54) is 0 Å². The zero-order chi connectivity index (χ0) is 14.3. The number of ether oxygens (including phenoxy) is 2. The zero-order valence-electron chi connectivity index (χ0n) is 11.9. The van der Waals surface area contributed by atoms with Gasteiger partial charge in [-0.25, -0.2) is 5.84 Å². The molecule has 1 rings (SSSR count). The van der Waals surface area contributed by atoms with Gasteiger partial charge in [0.2, 0.25) is 5.96 Å². The third-order valence-electron chi connectivity index (χ3n) is 2.37. The van der Waals surface area contributed by atoms with Gasteiger partial charge in [-0.2, -0.15) is 0 Å². The lowest BCUT2D eigenvalue weighted by molar-refractivity contribution is 0.395. The number of nitrogens with zero attached hydrogens (tertiary/aromatic N) is 1. The van der Waals surface area contributed by atoms with Crippen molar-refractivity contribution in [3.05, 3.63) is 18.2 Å². The summed E-state index contributed by atoms with van der Waals surface area (Å²) < 4.78 is 10.4. The van der Waals surface area contributed by atoms with E-state index < -0.39 is 0 Å². The number of hydrogen-bond donors (Lipinski definition) is 3. The van der Waals surface area contributed by atoms with E-state index in [0.29, 0.717) is 29.9 Å². The largest absolute Gasteiger partial charge is 0.497 e. The van der Waals surface area contributed by atoms with Crippen molar-refractivity contribution in [2.45, 2.75) is 13.8 Å². The van der Waals surface area contributed by atoms with Gasteiger partial charge in [0, 0.05) is 30.4 Å². The summed E-state index contributed by atoms with van der Waals surface area (Å²) in [6, 6.07) is 5.47. The minimum atomic E-state index is 0.463. The Morgan fingerprint density at radius 3 is 2.21 bits per heavy atom. The molecule has 0 atom stereocenters. The molecule has 0 amide bonds. The molecule has 0 saturated carbocycles. The highest BCUT2D eigenvalue weighted by Crippen LogP contribution is 2.25. The maximum Gasteiger partial charge on any atom is 0.210 e. The van der Waals surface area contributed by atoms with Crippen LogP contribution in [0.1, 0.15) is 13.8 Å². The molecule has 0 aliphatic heterocycles. The first-order chi connectivity index (χ1) is 9.08. The number of aliphatic imine (C=N–C) groups is 1. The van der Waals surface area contributed by atoms with Crippen LogP contribution in [0.15, 0.2) is 23.2 Å². The lowest BCUT2D eigenvalue weighted by atomic mass is 10.2. The van der Waals surface area contributed by atoms with Crippen LogP contribution >= 0.6 is 0 Å². The number of hydrazine groups is 1. The van der Waals surface area contributed by atoms with E-state index in [9.17, 15) is 0 Å². The van der Waals surface area contributed by atoms with Gasteiger partial charge < -0.3 is 14.8 Å². The molecule has 0 spiro atoms. The van der Waals surface area contributed by atoms with Crippen LogP contribution in [-0.2, 0) is 0 Å². The van der Waals surface area contributed by atoms with E-state index in [1.807, 2.05) is 12.1 Å². The molecule has 0 aliphatic rings. The smallest absolute Gasteiger partial charge is 0.210 e. The van der Waals surface area contributed by atoms with Crippen molar-refractivity contribution in [3.8, 4) is 11.5 Å². The van der Waals surface area contributed by atoms with Crippen molar-refractivity contribution in [1.82, 2.24) is 5.43 Å². The summed E-state index contributed by atoms with van der Waals surface area (Å²) in [7, 11) is 3.21. The average Bonchev–Trinajstić information content (AvgIpc) is 2.42. The number of methoxy groups -OCH3 is 2. The quantitative estimate of drug-likeness (QED) is 0.326. The standard InChI is InChI=1S/C13H22N4O2/c1-9(2)8-15-13(17-14)16-10-5-11(18-3)7-12(6-10)19-4/h5-7,9H,8,14H2,1-4H3,(H2,15,16,17). The summed E-state index contributed by atoms with van der Waals surface area (Å²) in [4.78, 5) is 4.34. The number of hydrogen-bond acceptors (Lipinski definition) is 4. The Balaban J connectivity index is 2.87. The number of nitrogens with one attached hydrogen (secondary N) is 2. The molecule has 0 aliphatic carbocycles. The lowest BCUT2D eigenvalue weighted by Gasteiger charge is -2.12. The van der Waals surface area contributed by atoms with E-state index in [1.54, 1.807) is 20.3 Å². The number of nitrogens with two attached hydrogens (primary N) is 1. The molecule has 1 aromatic rings. The Bertz CT molecular complexity index is 410. The summed E-state index contributed by atoms with van der Waals surface area (Å²) in [6.45, 7) is 4.87. The van der Waals surface area contributed by atoms with Gasteiger partial charge in [-0.1, -0.05) is 13.8 Å². The van der Waals surface area contributed by atoms with E-state index in [2.05, 4.69) is 29.6 Å². The molecule has 0 fully saturated rings. The molecule has 6 heteroatoms. The van der Waals surface area contributed by atoms with Gasteiger partial charge >= 0.3 is 0 Å². The maximum absolute atomic E-state index is 5.44. The fraction of sp³-hybridized carbons (Fsp3) is 0.462. The number of rotatable bonds is 5. The van der Waals surface area contributed by atoms with Gasteiger partial charge in [0.15, 0.2) is 0 Å². The molecule has 0 bridgehead atoms. The van der Waals surface area contributed by atoms with Crippen LogP contribution in [-0.4, -0.2) is 26.7 Å². The Labute approximate surface area is 114 Å². The Morgan fingerprint density at radius 1 is 1.21 bits per heavy atom. The van der Waals surface area contributed by atoms with Gasteiger partial charge in [-0.3, -0.25) is 10.4 Å². The molecule has 0 aromatic heterocycles. The molecular weight excluding hydrogens is 244 g/mol. The fourth-order valence-electron chi connectivity index (χ4n) is 1.41. The van der Waals surface area contributed by atoms with Gasteiger partial charge in [0.25, 0.3) is 0 Å². The number of anilines is 1. The van der Waals surface area contributed by atoms with Crippen LogP contribution in [0.2, 0.25) is 0 Å². The van der Waals surface area contributed by atoms with Gasteiger partial charge in [-0.05, 0) is 5.92 Å². The molecule has 6 nitrogen and oxygen atoms in total. The lowest BCUT2D eigenvalue weighted by Crippen LogP contribution is -2.36. The van der Waals surface area contributed by atoms with Crippen LogP contribution in [0.4, 0.5) is 5.69 Å². The van der Waals surface area contributed by atoms with Gasteiger partial charge in [-0.15, -0.1) is 0 Å². The fourth-order valence-corrected chi connectivity index (χ4v) is 1.41. The van der Waals surface area contributed by atoms with Crippen LogP contribution in [0, 0.1) is 5.92 Å². The Kier molecular flexibility index (Phi) is 5.95. The molecule has 19 heavy (non-hydrogen) atoms. The highest BCUT2D eigenvalue weighted by Gasteiger charge is 2.04. The average molecular weight is 266 g/mol. The first kappa shape index (κ1) is 15.1. The van der Waals surface area contributed by atoms with Crippen LogP contribution in [0.5, 0.6) is 11.5 Å². The highest BCUT2D eigenvalue weighted by atomic mass is 16.5. The molecule has 1 aromatic carbocycles. The van der Waals surface area contributed by atoms with Gasteiger partial charge in [0.1, 0.15) is 11.5 Å². The van der Waals surface area contributed by atoms with E-state index in [4.69, 9.17) is 15.3 Å². The molecule has 106 valence electrons. The predicted molar refractivity (Wildman–Crippen MR) is 77.6 cm³/mol. The van der Waals surface area contributed by atoms with E-state index >= 15 is 0 Å². The second-order valence-corrected chi connectivity index (χ2v) is 4.45. The zero-order valence-corrected chi connectivity index (χ0v) is 11.9. The molecule has 0 unspecified atom stereocenters. The Morgan fingerprint density at radius 2 is 1.79 bits per heavy atom. The minimum absolute atomic E-state index is 0.463. The second kappa shape index (κ2) is 7.48. The Hall–Kier alpha value is -1.95. The van der Waals surface area contributed by atoms with Gasteiger partial charge in [0.05, 0.1) is 14.2 Å². The minimum Gasteiger partial charge on any atom is -0.497 e. The molecule has 0 heterocycles. The number of guanidine groups is 1. The second-order valence-electron chi connectivity index (χ2n) is 4.45. The summed E-state index contributed by atoms with van der Waals surface area (Å²) >= 11 is 0. The predicted octanol–water partition coefficient (Wildman–Crippen LogP) is 1.59. The summed E-state index contributed by atoms with van der Waals surface area (Å²) in [6.07, 6.45) is 0. The van der Waals surface area contributed by atoms with Crippen molar-refractivity contribution in [2.75, 3.05) is 26.1 Å². The molecule has 0 radical (unpaired) electrons. The van der Waals surface area contributed by atoms with E-state index in [-0.39, 0.29) is 0 Å². The first-order valence-corrected chi connectivity index (χ1v) is 6.10. The van der Waals surface area contributed by atoms with Crippen molar-refractivity contribution in [3.63, 3.8) is 0 Å². The number of benzene rings is 1.